The molecule has 1 unspecified atom stereocenters. The Morgan fingerprint density at radius 2 is 1.68 bits per heavy atom. The second kappa shape index (κ2) is 7.39. The van der Waals surface area contributed by atoms with Crippen molar-refractivity contribution < 1.29 is 13.9 Å². The first-order chi connectivity index (χ1) is 12.1. The summed E-state index contributed by atoms with van der Waals surface area (Å²) in [5.41, 5.74) is 3.97. The van der Waals surface area contributed by atoms with Crippen LogP contribution in [-0.2, 0) is 11.2 Å². The van der Waals surface area contributed by atoms with Crippen LogP contribution in [0.4, 0.5) is 0 Å². The predicted molar refractivity (Wildman–Crippen MR) is 98.0 cm³/mol. The zero-order valence-corrected chi connectivity index (χ0v) is 14.8. The quantitative estimate of drug-likeness (QED) is 0.608. The first-order valence-corrected chi connectivity index (χ1v) is 8.46. The normalized spacial score (nSPS) is 12.0. The van der Waals surface area contributed by atoms with Gasteiger partial charge in [-0.2, -0.15) is 0 Å². The number of hydrogen-bond donors (Lipinski definition) is 0. The van der Waals surface area contributed by atoms with E-state index < -0.39 is 0 Å². The van der Waals surface area contributed by atoms with Gasteiger partial charge in [0.1, 0.15) is 17.1 Å². The highest BCUT2D eigenvalue weighted by Gasteiger charge is 2.25. The van der Waals surface area contributed by atoms with Gasteiger partial charge in [0, 0.05) is 6.42 Å². The zero-order chi connectivity index (χ0) is 17.8. The summed E-state index contributed by atoms with van der Waals surface area (Å²) >= 11 is 0. The molecule has 0 saturated heterocycles. The van der Waals surface area contributed by atoms with E-state index in [0.717, 1.165) is 16.9 Å². The van der Waals surface area contributed by atoms with Crippen LogP contribution < -0.4 is 0 Å². The zero-order valence-electron chi connectivity index (χ0n) is 14.8. The summed E-state index contributed by atoms with van der Waals surface area (Å²) in [6, 6.07) is 20.4. The molecule has 0 amide bonds. The summed E-state index contributed by atoms with van der Waals surface area (Å²) in [6.07, 6.45) is 0.639. The van der Waals surface area contributed by atoms with Crippen molar-refractivity contribution in [1.82, 2.24) is 0 Å². The molecule has 3 rings (SSSR count). The van der Waals surface area contributed by atoms with Crippen molar-refractivity contribution in [2.75, 3.05) is 7.11 Å². The molecule has 1 aromatic heterocycles. The van der Waals surface area contributed by atoms with E-state index >= 15 is 0 Å². The Balaban J connectivity index is 2.14. The van der Waals surface area contributed by atoms with Crippen LogP contribution in [0.2, 0.25) is 0 Å². The Labute approximate surface area is 148 Å². The minimum Gasteiger partial charge on any atom is -0.465 e. The predicted octanol–water partition coefficient (Wildman–Crippen LogP) is 5.12. The smallest absolute Gasteiger partial charge is 0.341 e. The van der Waals surface area contributed by atoms with Gasteiger partial charge in [-0.15, -0.1) is 0 Å². The summed E-state index contributed by atoms with van der Waals surface area (Å²) in [5.74, 6) is 0.996. The molecular formula is C22H22O3. The lowest BCUT2D eigenvalue weighted by atomic mass is 9.88. The van der Waals surface area contributed by atoms with Gasteiger partial charge in [0.2, 0.25) is 0 Å². The van der Waals surface area contributed by atoms with Gasteiger partial charge < -0.3 is 9.15 Å². The van der Waals surface area contributed by atoms with Crippen LogP contribution in [-0.4, -0.2) is 13.1 Å². The lowest BCUT2D eigenvalue weighted by Crippen LogP contribution is -2.03. The number of rotatable bonds is 5. The minimum absolute atomic E-state index is 0.0643. The van der Waals surface area contributed by atoms with Crippen molar-refractivity contribution in [3.63, 3.8) is 0 Å². The van der Waals surface area contributed by atoms with E-state index in [0.29, 0.717) is 17.7 Å². The third-order valence-electron chi connectivity index (χ3n) is 4.38. The molecule has 0 radical (unpaired) electrons. The average molecular weight is 334 g/mol. The van der Waals surface area contributed by atoms with Crippen molar-refractivity contribution in [3.8, 4) is 0 Å². The molecule has 0 bridgehead atoms. The van der Waals surface area contributed by atoms with Crippen molar-refractivity contribution in [1.29, 1.82) is 0 Å². The number of esters is 1. The Kier molecular flexibility index (Phi) is 5.03. The molecule has 3 heteroatoms. The van der Waals surface area contributed by atoms with E-state index in [1.807, 2.05) is 31.2 Å². The Morgan fingerprint density at radius 1 is 1.04 bits per heavy atom. The molecule has 1 heterocycles. The molecule has 0 aliphatic rings. The first kappa shape index (κ1) is 17.0. The van der Waals surface area contributed by atoms with Crippen molar-refractivity contribution in [3.05, 3.63) is 94.4 Å². The van der Waals surface area contributed by atoms with Gasteiger partial charge in [0.15, 0.2) is 0 Å². The molecule has 1 atom stereocenters. The third-order valence-corrected chi connectivity index (χ3v) is 4.38. The molecule has 0 aliphatic heterocycles. The lowest BCUT2D eigenvalue weighted by Gasteiger charge is -2.16. The highest BCUT2D eigenvalue weighted by atomic mass is 16.5. The summed E-state index contributed by atoms with van der Waals surface area (Å²) < 4.78 is 11.0. The topological polar surface area (TPSA) is 39.4 Å². The fourth-order valence-electron chi connectivity index (χ4n) is 3.06. The van der Waals surface area contributed by atoms with E-state index in [-0.39, 0.29) is 11.9 Å². The van der Waals surface area contributed by atoms with Crippen LogP contribution in [0.3, 0.4) is 0 Å². The summed E-state index contributed by atoms with van der Waals surface area (Å²) in [5, 5.41) is 0. The van der Waals surface area contributed by atoms with E-state index in [1.54, 1.807) is 0 Å². The van der Waals surface area contributed by atoms with Gasteiger partial charge in [-0.25, -0.2) is 4.79 Å². The van der Waals surface area contributed by atoms with E-state index in [1.165, 1.54) is 12.7 Å². The number of ether oxygens (including phenoxy) is 1. The second-order valence-corrected chi connectivity index (χ2v) is 6.09. The molecule has 25 heavy (non-hydrogen) atoms. The number of carbonyl (C=O) groups is 1. The maximum atomic E-state index is 12.1. The fourth-order valence-corrected chi connectivity index (χ4v) is 3.06. The fraction of sp³-hybridized carbons (Fsp3) is 0.227. The third kappa shape index (κ3) is 3.50. The number of furan rings is 1. The first-order valence-electron chi connectivity index (χ1n) is 8.46. The largest absolute Gasteiger partial charge is 0.465 e. The Hall–Kier alpha value is -2.81. The Morgan fingerprint density at radius 3 is 2.28 bits per heavy atom. The highest BCUT2D eigenvalue weighted by molar-refractivity contribution is 5.90. The van der Waals surface area contributed by atoms with Gasteiger partial charge in [0.25, 0.3) is 0 Å². The Bertz CT molecular complexity index is 845. The van der Waals surface area contributed by atoms with E-state index in [9.17, 15) is 4.79 Å². The summed E-state index contributed by atoms with van der Waals surface area (Å²) in [7, 11) is 1.39. The van der Waals surface area contributed by atoms with Crippen LogP contribution in [0.25, 0.3) is 0 Å². The van der Waals surface area contributed by atoms with Crippen LogP contribution in [0.1, 0.15) is 51.4 Å². The maximum Gasteiger partial charge on any atom is 0.341 e. The lowest BCUT2D eigenvalue weighted by molar-refractivity contribution is 0.0598. The summed E-state index contributed by atoms with van der Waals surface area (Å²) in [6.45, 7) is 4.04. The van der Waals surface area contributed by atoms with Crippen LogP contribution in [0, 0.1) is 6.92 Å². The standard InChI is InChI=1S/C22H22O3/c1-4-19-18(22(23)24-3)14-20(25-19)21(16-8-6-5-7-9-16)17-12-10-15(2)11-13-17/h5-14,21H,4H2,1-3H3. The molecule has 0 saturated carbocycles. The number of carbonyl (C=O) groups excluding carboxylic acids is 1. The molecule has 3 aromatic rings. The van der Waals surface area contributed by atoms with Crippen LogP contribution in [0.5, 0.6) is 0 Å². The van der Waals surface area contributed by atoms with Gasteiger partial charge in [-0.3, -0.25) is 0 Å². The van der Waals surface area contributed by atoms with Crippen molar-refractivity contribution >= 4 is 5.97 Å². The second-order valence-electron chi connectivity index (χ2n) is 6.09. The molecule has 0 fully saturated rings. The number of benzene rings is 2. The number of aryl methyl sites for hydroxylation is 2. The van der Waals surface area contributed by atoms with Gasteiger partial charge >= 0.3 is 5.97 Å². The van der Waals surface area contributed by atoms with Gasteiger partial charge in [-0.05, 0) is 24.1 Å². The molecule has 3 nitrogen and oxygen atoms in total. The van der Waals surface area contributed by atoms with Crippen molar-refractivity contribution in [2.45, 2.75) is 26.2 Å². The molecule has 0 N–H and O–H groups in total. The van der Waals surface area contributed by atoms with E-state index in [4.69, 9.17) is 9.15 Å². The molecule has 128 valence electrons. The van der Waals surface area contributed by atoms with Crippen LogP contribution in [0.15, 0.2) is 65.1 Å². The molecule has 2 aromatic carbocycles. The van der Waals surface area contributed by atoms with Gasteiger partial charge in [0.05, 0.1) is 13.0 Å². The SMILES string of the molecule is CCc1oc(C(c2ccccc2)c2ccc(C)cc2)cc1C(=O)OC. The van der Waals surface area contributed by atoms with Crippen LogP contribution >= 0.6 is 0 Å². The average Bonchev–Trinajstić information content (AvgIpc) is 3.08. The van der Waals surface area contributed by atoms with Gasteiger partial charge in [-0.1, -0.05) is 67.1 Å². The number of methoxy groups -OCH3 is 1. The molecule has 0 aliphatic carbocycles. The number of hydrogen-bond acceptors (Lipinski definition) is 3. The minimum atomic E-state index is -0.359. The maximum absolute atomic E-state index is 12.1. The highest BCUT2D eigenvalue weighted by Crippen LogP contribution is 2.34. The van der Waals surface area contributed by atoms with E-state index in [2.05, 4.69) is 43.3 Å². The summed E-state index contributed by atoms with van der Waals surface area (Å²) in [4.78, 5) is 12.1. The monoisotopic (exact) mass is 334 g/mol. The molecule has 0 spiro atoms. The molecular weight excluding hydrogens is 312 g/mol. The van der Waals surface area contributed by atoms with Crippen molar-refractivity contribution in [2.24, 2.45) is 0 Å².